The smallest absolute Gasteiger partial charge is 0.192 e. The molecule has 1 nitrogen and oxygen atoms in total. The Kier molecular flexibility index (Phi) is 6.11. The highest BCUT2D eigenvalue weighted by Crippen LogP contribution is 2.41. The summed E-state index contributed by atoms with van der Waals surface area (Å²) in [5, 5.41) is 0.207. The zero-order valence-corrected chi connectivity index (χ0v) is 15.2. The van der Waals surface area contributed by atoms with Crippen LogP contribution in [0.5, 0.6) is 0 Å². The van der Waals surface area contributed by atoms with Gasteiger partial charge in [0.25, 0.3) is 0 Å². The van der Waals surface area contributed by atoms with E-state index in [1.165, 1.54) is 5.57 Å². The Bertz CT molecular complexity index is 352. The van der Waals surface area contributed by atoms with Crippen molar-refractivity contribution < 1.29 is 4.43 Å². The van der Waals surface area contributed by atoms with E-state index in [-0.39, 0.29) is 16.6 Å². The van der Waals surface area contributed by atoms with E-state index in [1.807, 2.05) is 0 Å². The molecule has 0 N–H and O–H groups in total. The van der Waals surface area contributed by atoms with Crippen LogP contribution in [0.15, 0.2) is 12.2 Å². The zero-order chi connectivity index (χ0) is 15.5. The van der Waals surface area contributed by atoms with Crippen LogP contribution in [-0.2, 0) is 4.43 Å². The molecule has 0 aromatic rings. The van der Waals surface area contributed by atoms with E-state index in [2.05, 4.69) is 67.1 Å². The highest BCUT2D eigenvalue weighted by atomic mass is 28.4. The molecule has 0 aromatic heterocycles. The Labute approximate surface area is 122 Å². The van der Waals surface area contributed by atoms with Crippen LogP contribution < -0.4 is 0 Å². The topological polar surface area (TPSA) is 9.23 Å². The Morgan fingerprint density at radius 3 is 2.05 bits per heavy atom. The average Bonchev–Trinajstić information content (AvgIpc) is 2.12. The van der Waals surface area contributed by atoms with Gasteiger partial charge in [0.15, 0.2) is 8.32 Å². The average molecular weight is 281 g/mol. The molecule has 0 aliphatic rings. The van der Waals surface area contributed by atoms with Crippen LogP contribution in [0.1, 0.15) is 54.4 Å². The molecule has 0 spiro atoms. The molecule has 0 rings (SSSR count). The van der Waals surface area contributed by atoms with Crippen molar-refractivity contribution in [2.24, 2.45) is 5.41 Å². The Morgan fingerprint density at radius 1 is 1.26 bits per heavy atom. The van der Waals surface area contributed by atoms with Gasteiger partial charge in [-0.2, -0.15) is 0 Å². The Hall–Kier alpha value is -0.523. The normalized spacial score (nSPS) is 14.9. The van der Waals surface area contributed by atoms with E-state index in [1.54, 1.807) is 0 Å². The van der Waals surface area contributed by atoms with Gasteiger partial charge in [0.1, 0.15) is 0 Å². The minimum Gasteiger partial charge on any atom is -0.412 e. The molecular weight excluding hydrogens is 248 g/mol. The van der Waals surface area contributed by atoms with Crippen molar-refractivity contribution in [3.63, 3.8) is 0 Å². The van der Waals surface area contributed by atoms with E-state index in [0.717, 1.165) is 6.42 Å². The molecule has 0 radical (unpaired) electrons. The number of hydrogen-bond acceptors (Lipinski definition) is 1. The highest BCUT2D eigenvalue weighted by molar-refractivity contribution is 6.74. The largest absolute Gasteiger partial charge is 0.412 e. The third-order valence-corrected chi connectivity index (χ3v) is 8.66. The predicted octanol–water partition coefficient (Wildman–Crippen LogP) is 5.39. The minimum absolute atomic E-state index is 0.0354. The summed E-state index contributed by atoms with van der Waals surface area (Å²) >= 11 is 0. The molecule has 0 saturated carbocycles. The summed E-state index contributed by atoms with van der Waals surface area (Å²) < 4.78 is 6.56. The Morgan fingerprint density at radius 2 is 1.74 bits per heavy atom. The van der Waals surface area contributed by atoms with Crippen LogP contribution in [0.4, 0.5) is 0 Å². The van der Waals surface area contributed by atoms with E-state index < -0.39 is 8.32 Å². The molecule has 0 aliphatic carbocycles. The van der Waals surface area contributed by atoms with Crippen LogP contribution >= 0.6 is 0 Å². The minimum atomic E-state index is -1.79. The fraction of sp³-hybridized carbons (Fsp3) is 0.765. The maximum Gasteiger partial charge on any atom is 0.192 e. The fourth-order valence-electron chi connectivity index (χ4n) is 2.01. The molecule has 0 amide bonds. The summed E-state index contributed by atoms with van der Waals surface area (Å²) in [6.07, 6.45) is 7.28. The van der Waals surface area contributed by atoms with Crippen LogP contribution in [0.2, 0.25) is 18.1 Å². The maximum absolute atomic E-state index is 6.56. The first-order valence-electron chi connectivity index (χ1n) is 7.09. The molecule has 0 fully saturated rings. The number of rotatable bonds is 6. The summed E-state index contributed by atoms with van der Waals surface area (Å²) in [6.45, 7) is 21.9. The van der Waals surface area contributed by atoms with Crippen molar-refractivity contribution in [2.75, 3.05) is 0 Å². The molecule has 19 heavy (non-hydrogen) atoms. The molecule has 1 atom stereocenters. The first kappa shape index (κ1) is 18.5. The highest BCUT2D eigenvalue weighted by Gasteiger charge is 2.42. The molecule has 0 bridgehead atoms. The van der Waals surface area contributed by atoms with Crippen molar-refractivity contribution in [3.05, 3.63) is 12.2 Å². The molecule has 0 aromatic carbocycles. The fourth-order valence-corrected chi connectivity index (χ4v) is 3.48. The van der Waals surface area contributed by atoms with Gasteiger partial charge in [-0.15, -0.1) is 18.9 Å². The SMILES string of the molecule is C#CCC(O[Si](C)(C)C(C)(C)C)C(C)(C)CC(=C)C. The molecule has 2 heteroatoms. The van der Waals surface area contributed by atoms with E-state index in [0.29, 0.717) is 6.42 Å². The quantitative estimate of drug-likeness (QED) is 0.360. The van der Waals surface area contributed by atoms with Crippen molar-refractivity contribution in [2.45, 2.75) is 78.6 Å². The summed E-state index contributed by atoms with van der Waals surface area (Å²) in [6, 6.07) is 0. The van der Waals surface area contributed by atoms with Gasteiger partial charge in [-0.25, -0.2) is 0 Å². The van der Waals surface area contributed by atoms with Crippen LogP contribution in [-0.4, -0.2) is 14.4 Å². The predicted molar refractivity (Wildman–Crippen MR) is 88.7 cm³/mol. The van der Waals surface area contributed by atoms with Crippen LogP contribution in [0, 0.1) is 17.8 Å². The van der Waals surface area contributed by atoms with Gasteiger partial charge in [0.05, 0.1) is 6.10 Å². The molecule has 0 aliphatic heterocycles. The van der Waals surface area contributed by atoms with Crippen molar-refractivity contribution in [1.82, 2.24) is 0 Å². The lowest BCUT2D eigenvalue weighted by Crippen LogP contribution is -2.47. The summed E-state index contributed by atoms with van der Waals surface area (Å²) in [5.74, 6) is 2.79. The first-order chi connectivity index (χ1) is 8.33. The van der Waals surface area contributed by atoms with Crippen molar-refractivity contribution in [1.29, 1.82) is 0 Å². The molecule has 0 heterocycles. The van der Waals surface area contributed by atoms with Gasteiger partial charge in [-0.3, -0.25) is 0 Å². The van der Waals surface area contributed by atoms with Gasteiger partial charge in [0, 0.05) is 6.42 Å². The second kappa shape index (κ2) is 6.28. The monoisotopic (exact) mass is 280 g/mol. The van der Waals surface area contributed by atoms with Crippen LogP contribution in [0.25, 0.3) is 0 Å². The second-order valence-corrected chi connectivity index (χ2v) is 12.7. The number of allylic oxidation sites excluding steroid dienone is 1. The lowest BCUT2D eigenvalue weighted by Gasteiger charge is -2.44. The molecule has 0 saturated heterocycles. The van der Waals surface area contributed by atoms with Crippen molar-refractivity contribution in [3.8, 4) is 12.3 Å². The number of hydrogen-bond donors (Lipinski definition) is 0. The van der Waals surface area contributed by atoms with E-state index in [9.17, 15) is 0 Å². The third kappa shape index (κ3) is 5.54. The van der Waals surface area contributed by atoms with Gasteiger partial charge in [0.2, 0.25) is 0 Å². The van der Waals surface area contributed by atoms with Crippen molar-refractivity contribution >= 4 is 8.32 Å². The standard InChI is InChI=1S/C17H32OSi/c1-11-12-15(17(7,8)13-14(2)3)18-19(9,10)16(4,5)6/h1,15H,2,12-13H2,3-10H3. The first-order valence-corrected chi connectivity index (χ1v) is 10.00. The lowest BCUT2D eigenvalue weighted by molar-refractivity contribution is 0.0644. The van der Waals surface area contributed by atoms with Gasteiger partial charge >= 0.3 is 0 Å². The Balaban J connectivity index is 5.15. The zero-order valence-electron chi connectivity index (χ0n) is 14.2. The summed E-state index contributed by atoms with van der Waals surface area (Å²) in [7, 11) is -1.79. The maximum atomic E-state index is 6.56. The van der Waals surface area contributed by atoms with Gasteiger partial charge < -0.3 is 4.43 Å². The van der Waals surface area contributed by atoms with Gasteiger partial charge in [-0.05, 0) is 36.9 Å². The van der Waals surface area contributed by atoms with Crippen LogP contribution in [0.3, 0.4) is 0 Å². The third-order valence-electron chi connectivity index (χ3n) is 4.18. The summed E-state index contributed by atoms with van der Waals surface area (Å²) in [4.78, 5) is 0. The summed E-state index contributed by atoms with van der Waals surface area (Å²) in [5.41, 5.74) is 1.22. The molecule has 110 valence electrons. The number of terminal acetylenes is 1. The lowest BCUT2D eigenvalue weighted by atomic mass is 9.80. The molecule has 1 unspecified atom stereocenters. The molecular formula is C17H32OSi. The van der Waals surface area contributed by atoms with Gasteiger partial charge in [-0.1, -0.05) is 40.2 Å². The van der Waals surface area contributed by atoms with E-state index in [4.69, 9.17) is 10.8 Å². The van der Waals surface area contributed by atoms with E-state index >= 15 is 0 Å². The second-order valence-electron chi connectivity index (χ2n) is 7.90.